The van der Waals surface area contributed by atoms with Crippen LogP contribution in [0.15, 0.2) is 12.2 Å². The highest BCUT2D eigenvalue weighted by atomic mass is 14.9. The number of hydrogen-bond donors (Lipinski definition) is 1. The number of aryl methyl sites for hydroxylation is 1. The van der Waals surface area contributed by atoms with E-state index in [-0.39, 0.29) is 5.41 Å². The fourth-order valence-corrected chi connectivity index (χ4v) is 1.56. The Balaban J connectivity index is 2.76. The van der Waals surface area contributed by atoms with E-state index in [1.807, 2.05) is 6.92 Å². The minimum Gasteiger partial charge on any atom is -0.342 e. The molecule has 1 aromatic rings. The first kappa shape index (κ1) is 8.30. The first-order chi connectivity index (χ1) is 6.07. The van der Waals surface area contributed by atoms with Crippen LogP contribution in [-0.4, -0.2) is 9.97 Å². The van der Waals surface area contributed by atoms with Crippen molar-refractivity contribution in [3.05, 3.63) is 28.7 Å². The molecule has 2 rings (SSSR count). The highest BCUT2D eigenvalue weighted by Gasteiger charge is 2.11. The van der Waals surface area contributed by atoms with E-state index in [0.717, 1.165) is 16.5 Å². The molecular formula is C11H14N2. The average molecular weight is 174 g/mol. The smallest absolute Gasteiger partial charge is 0.104 e. The van der Waals surface area contributed by atoms with Crippen LogP contribution in [0.2, 0.25) is 0 Å². The van der Waals surface area contributed by atoms with Crippen molar-refractivity contribution < 1.29 is 0 Å². The number of aromatic nitrogens is 2. The van der Waals surface area contributed by atoms with E-state index in [0.29, 0.717) is 0 Å². The van der Waals surface area contributed by atoms with E-state index >= 15 is 0 Å². The Labute approximate surface area is 77.7 Å². The summed E-state index contributed by atoms with van der Waals surface area (Å²) in [5, 5.41) is 2.17. The van der Waals surface area contributed by atoms with Gasteiger partial charge in [0.1, 0.15) is 5.82 Å². The van der Waals surface area contributed by atoms with Crippen molar-refractivity contribution in [2.24, 2.45) is 5.41 Å². The molecule has 0 aliphatic heterocycles. The molecule has 1 aliphatic rings. The van der Waals surface area contributed by atoms with Crippen LogP contribution in [0.3, 0.4) is 0 Å². The van der Waals surface area contributed by atoms with Crippen LogP contribution in [0.5, 0.6) is 0 Å². The molecule has 68 valence electrons. The summed E-state index contributed by atoms with van der Waals surface area (Å²) in [6.07, 6.45) is 8.52. The van der Waals surface area contributed by atoms with Gasteiger partial charge in [0.2, 0.25) is 0 Å². The van der Waals surface area contributed by atoms with Gasteiger partial charge in [-0.2, -0.15) is 0 Å². The number of nitrogens with zero attached hydrogens (tertiary/aromatic N) is 1. The minimum atomic E-state index is 0.101. The van der Waals surface area contributed by atoms with E-state index in [2.05, 4.69) is 48.1 Å². The minimum absolute atomic E-state index is 0.101. The maximum Gasteiger partial charge on any atom is 0.104 e. The molecule has 0 atom stereocenters. The highest BCUT2D eigenvalue weighted by Crippen LogP contribution is 2.18. The van der Waals surface area contributed by atoms with Gasteiger partial charge in [-0.3, -0.25) is 0 Å². The predicted octanol–water partition coefficient (Wildman–Crippen LogP) is 0.875. The van der Waals surface area contributed by atoms with Gasteiger partial charge in [-0.15, -0.1) is 0 Å². The second kappa shape index (κ2) is 2.59. The maximum atomic E-state index is 4.42. The van der Waals surface area contributed by atoms with E-state index in [4.69, 9.17) is 0 Å². The topological polar surface area (TPSA) is 28.7 Å². The Hall–Kier alpha value is -1.31. The number of fused-ring (bicyclic) bond motifs is 1. The molecule has 0 unspecified atom stereocenters. The van der Waals surface area contributed by atoms with Crippen LogP contribution in [0.1, 0.15) is 19.7 Å². The van der Waals surface area contributed by atoms with E-state index < -0.39 is 0 Å². The Morgan fingerprint density at radius 1 is 1.38 bits per heavy atom. The fourth-order valence-electron chi connectivity index (χ4n) is 1.56. The summed E-state index contributed by atoms with van der Waals surface area (Å²) in [6, 6.07) is 0. The molecule has 2 heteroatoms. The van der Waals surface area contributed by atoms with Gasteiger partial charge < -0.3 is 4.98 Å². The van der Waals surface area contributed by atoms with Gasteiger partial charge in [0, 0.05) is 5.41 Å². The van der Waals surface area contributed by atoms with E-state index in [1.165, 1.54) is 0 Å². The molecule has 0 aromatic carbocycles. The lowest BCUT2D eigenvalue weighted by molar-refractivity contribution is 0.669. The second-order valence-electron chi connectivity index (χ2n) is 4.11. The normalized spacial score (nSPS) is 18.4. The summed E-state index contributed by atoms with van der Waals surface area (Å²) < 4.78 is 0. The van der Waals surface area contributed by atoms with Crippen molar-refractivity contribution in [3.63, 3.8) is 0 Å². The molecule has 0 bridgehead atoms. The Morgan fingerprint density at radius 2 is 2.15 bits per heavy atom. The molecule has 0 saturated carbocycles. The van der Waals surface area contributed by atoms with Crippen LogP contribution >= 0.6 is 0 Å². The van der Waals surface area contributed by atoms with Crippen LogP contribution in [0, 0.1) is 12.3 Å². The van der Waals surface area contributed by atoms with Gasteiger partial charge in [-0.05, 0) is 19.1 Å². The quantitative estimate of drug-likeness (QED) is 0.621. The van der Waals surface area contributed by atoms with Crippen molar-refractivity contribution in [3.8, 4) is 0 Å². The Kier molecular flexibility index (Phi) is 1.65. The van der Waals surface area contributed by atoms with E-state index in [9.17, 15) is 0 Å². The first-order valence-corrected chi connectivity index (χ1v) is 4.52. The number of hydrogen-bond acceptors (Lipinski definition) is 1. The Morgan fingerprint density at radius 3 is 2.92 bits per heavy atom. The lowest BCUT2D eigenvalue weighted by Crippen LogP contribution is -2.25. The number of H-pyrrole nitrogens is 1. The van der Waals surface area contributed by atoms with Crippen molar-refractivity contribution in [1.29, 1.82) is 0 Å². The number of rotatable bonds is 0. The summed E-state index contributed by atoms with van der Waals surface area (Å²) in [5.41, 5.74) is 0.101. The van der Waals surface area contributed by atoms with Gasteiger partial charge in [-0.25, -0.2) is 4.98 Å². The summed E-state index contributed by atoms with van der Waals surface area (Å²) in [4.78, 5) is 7.65. The van der Waals surface area contributed by atoms with Gasteiger partial charge in [0.25, 0.3) is 0 Å². The monoisotopic (exact) mass is 174 g/mol. The first-order valence-electron chi connectivity index (χ1n) is 4.52. The van der Waals surface area contributed by atoms with Crippen LogP contribution in [0.25, 0.3) is 12.2 Å². The molecule has 0 saturated heterocycles. The third kappa shape index (κ3) is 1.57. The molecule has 1 aromatic heterocycles. The average Bonchev–Trinajstić information content (AvgIpc) is 2.23. The van der Waals surface area contributed by atoms with Crippen molar-refractivity contribution in [2.45, 2.75) is 20.8 Å². The summed E-state index contributed by atoms with van der Waals surface area (Å²) in [6.45, 7) is 6.33. The van der Waals surface area contributed by atoms with E-state index in [1.54, 1.807) is 0 Å². The number of imidazole rings is 1. The van der Waals surface area contributed by atoms with Crippen LogP contribution < -0.4 is 10.7 Å². The summed E-state index contributed by atoms with van der Waals surface area (Å²) in [5.74, 6) is 0.976. The second-order valence-corrected chi connectivity index (χ2v) is 4.11. The molecule has 1 aliphatic carbocycles. The van der Waals surface area contributed by atoms with Gasteiger partial charge in [-0.1, -0.05) is 26.0 Å². The predicted molar refractivity (Wildman–Crippen MR) is 54.4 cm³/mol. The lowest BCUT2D eigenvalue weighted by Gasteiger charge is -2.11. The van der Waals surface area contributed by atoms with Gasteiger partial charge >= 0.3 is 0 Å². The molecule has 0 fully saturated rings. The molecular weight excluding hydrogens is 160 g/mol. The van der Waals surface area contributed by atoms with Crippen molar-refractivity contribution in [1.82, 2.24) is 9.97 Å². The lowest BCUT2D eigenvalue weighted by atomic mass is 9.93. The maximum absolute atomic E-state index is 4.42. The largest absolute Gasteiger partial charge is 0.342 e. The third-order valence-electron chi connectivity index (χ3n) is 2.18. The van der Waals surface area contributed by atoms with Gasteiger partial charge in [0.05, 0.1) is 10.7 Å². The summed E-state index contributed by atoms with van der Waals surface area (Å²) >= 11 is 0. The fraction of sp³-hybridized carbons (Fsp3) is 0.364. The molecule has 13 heavy (non-hydrogen) atoms. The zero-order valence-corrected chi connectivity index (χ0v) is 8.26. The number of allylic oxidation sites excluding steroid dienone is 2. The van der Waals surface area contributed by atoms with Crippen molar-refractivity contribution in [2.75, 3.05) is 0 Å². The highest BCUT2D eigenvalue weighted by molar-refractivity contribution is 5.45. The van der Waals surface area contributed by atoms with Gasteiger partial charge in [0.15, 0.2) is 0 Å². The summed E-state index contributed by atoms with van der Waals surface area (Å²) in [7, 11) is 0. The molecule has 0 radical (unpaired) electrons. The standard InChI is InChI=1S/C11H14N2/c1-8-12-9-5-4-6-11(2,3)7-10(9)13-8/h4-7H,1-3H3,(H,12,13). The van der Waals surface area contributed by atoms with Crippen LogP contribution in [-0.2, 0) is 0 Å². The van der Waals surface area contributed by atoms with Crippen LogP contribution in [0.4, 0.5) is 0 Å². The molecule has 1 N–H and O–H groups in total. The molecule has 2 nitrogen and oxygen atoms in total. The Bertz CT molecular complexity index is 461. The molecule has 0 spiro atoms. The van der Waals surface area contributed by atoms with Crippen molar-refractivity contribution >= 4 is 12.2 Å². The number of aromatic amines is 1. The zero-order chi connectivity index (χ0) is 9.47. The third-order valence-corrected chi connectivity index (χ3v) is 2.18. The molecule has 0 amide bonds. The zero-order valence-electron chi connectivity index (χ0n) is 8.26. The molecule has 1 heterocycles. The SMILES string of the molecule is Cc1nc2c([nH]1)=CC=CC(C)(C)C=2. The number of nitrogens with one attached hydrogen (secondary N) is 1.